The van der Waals surface area contributed by atoms with E-state index < -0.39 is 21.2 Å². The smallest absolute Gasteiger partial charge is 0.264 e. The van der Waals surface area contributed by atoms with Crippen molar-refractivity contribution in [3.8, 4) is 6.07 Å². The molecule has 1 aliphatic rings. The molecule has 17 heavy (non-hydrogen) atoms. The van der Waals surface area contributed by atoms with Crippen LogP contribution >= 0.6 is 0 Å². The lowest BCUT2D eigenvalue weighted by Crippen LogP contribution is -2.33. The van der Waals surface area contributed by atoms with E-state index in [-0.39, 0.29) is 5.56 Å². The highest BCUT2D eigenvalue weighted by molar-refractivity contribution is 7.91. The number of amides is 1. The van der Waals surface area contributed by atoms with Crippen LogP contribution in [0.5, 0.6) is 0 Å². The van der Waals surface area contributed by atoms with Crippen molar-refractivity contribution in [3.05, 3.63) is 35.4 Å². The first kappa shape index (κ1) is 11.6. The van der Waals surface area contributed by atoms with E-state index in [2.05, 4.69) is 0 Å². The summed E-state index contributed by atoms with van der Waals surface area (Å²) in [6.07, 6.45) is 1.21. The summed E-state index contributed by atoms with van der Waals surface area (Å²) >= 11 is 0. The SMILES string of the molecule is N#Cc1ccc(C(=O)NS(=O)(=O)C2CC2)cc1. The Kier molecular flexibility index (Phi) is 2.86. The number of nitrogens with zero attached hydrogens (tertiary/aromatic N) is 1. The van der Waals surface area contributed by atoms with Crippen LogP contribution in [0.15, 0.2) is 24.3 Å². The maximum atomic E-state index is 11.6. The molecule has 0 aromatic heterocycles. The van der Waals surface area contributed by atoms with Gasteiger partial charge in [0.15, 0.2) is 0 Å². The van der Waals surface area contributed by atoms with Gasteiger partial charge in [0.2, 0.25) is 10.0 Å². The average molecular weight is 250 g/mol. The Bertz CT molecular complexity index is 580. The molecule has 0 spiro atoms. The third-order valence-corrected chi connectivity index (χ3v) is 4.29. The Labute approximate surface area is 99.1 Å². The number of nitriles is 1. The fourth-order valence-corrected chi connectivity index (χ4v) is 2.65. The minimum absolute atomic E-state index is 0.230. The fourth-order valence-electron chi connectivity index (χ4n) is 1.35. The third kappa shape index (κ3) is 2.63. The quantitative estimate of drug-likeness (QED) is 0.858. The van der Waals surface area contributed by atoms with Crippen LogP contribution in [0.25, 0.3) is 0 Å². The molecule has 6 heteroatoms. The molecule has 1 fully saturated rings. The molecule has 1 amide bonds. The Morgan fingerprint density at radius 1 is 1.29 bits per heavy atom. The molecule has 1 aliphatic carbocycles. The van der Waals surface area contributed by atoms with E-state index in [4.69, 9.17) is 5.26 Å². The average Bonchev–Trinajstić information content (AvgIpc) is 3.12. The van der Waals surface area contributed by atoms with E-state index >= 15 is 0 Å². The third-order valence-electron chi connectivity index (χ3n) is 2.47. The zero-order valence-electron chi connectivity index (χ0n) is 8.88. The summed E-state index contributed by atoms with van der Waals surface area (Å²) in [5, 5.41) is 8.16. The highest BCUT2D eigenvalue weighted by atomic mass is 32.2. The number of hydrogen-bond donors (Lipinski definition) is 1. The molecule has 1 aromatic rings. The van der Waals surface area contributed by atoms with Gasteiger partial charge >= 0.3 is 0 Å². The fraction of sp³-hybridized carbons (Fsp3) is 0.273. The molecule has 1 saturated carbocycles. The molecular weight excluding hydrogens is 240 g/mol. The lowest BCUT2D eigenvalue weighted by Gasteiger charge is -2.05. The number of carbonyl (C=O) groups is 1. The number of rotatable bonds is 3. The predicted octanol–water partition coefficient (Wildman–Crippen LogP) is 0.780. The largest absolute Gasteiger partial charge is 0.268 e. The first-order chi connectivity index (χ1) is 8.03. The van der Waals surface area contributed by atoms with Crippen LogP contribution in [0, 0.1) is 11.3 Å². The Hall–Kier alpha value is -1.87. The van der Waals surface area contributed by atoms with Gasteiger partial charge in [-0.25, -0.2) is 13.1 Å². The first-order valence-corrected chi connectivity index (χ1v) is 6.64. The van der Waals surface area contributed by atoms with Crippen molar-refractivity contribution in [2.24, 2.45) is 0 Å². The Morgan fingerprint density at radius 2 is 1.88 bits per heavy atom. The molecular formula is C11H10N2O3S. The van der Waals surface area contributed by atoms with Crippen molar-refractivity contribution in [1.29, 1.82) is 5.26 Å². The van der Waals surface area contributed by atoms with Crippen molar-refractivity contribution in [3.63, 3.8) is 0 Å². The number of sulfonamides is 1. The standard InChI is InChI=1S/C11H10N2O3S/c12-7-8-1-3-9(4-2-8)11(14)13-17(15,16)10-5-6-10/h1-4,10H,5-6H2,(H,13,14). The van der Waals surface area contributed by atoms with Gasteiger partial charge in [-0.15, -0.1) is 0 Å². The van der Waals surface area contributed by atoms with Crippen LogP contribution in [-0.4, -0.2) is 19.6 Å². The summed E-state index contributed by atoms with van der Waals surface area (Å²) in [5.41, 5.74) is 0.653. The molecule has 0 heterocycles. The van der Waals surface area contributed by atoms with Gasteiger partial charge < -0.3 is 0 Å². The summed E-state index contributed by atoms with van der Waals surface area (Å²) in [5.74, 6) is -0.651. The molecule has 5 nitrogen and oxygen atoms in total. The lowest BCUT2D eigenvalue weighted by molar-refractivity contribution is 0.0981. The van der Waals surface area contributed by atoms with Crippen LogP contribution in [0.1, 0.15) is 28.8 Å². The van der Waals surface area contributed by atoms with Crippen LogP contribution in [0.2, 0.25) is 0 Å². The molecule has 1 aromatic carbocycles. The van der Waals surface area contributed by atoms with Crippen LogP contribution in [0.4, 0.5) is 0 Å². The zero-order chi connectivity index (χ0) is 12.5. The second-order valence-electron chi connectivity index (χ2n) is 3.86. The number of benzene rings is 1. The number of nitrogens with one attached hydrogen (secondary N) is 1. The Morgan fingerprint density at radius 3 is 2.35 bits per heavy atom. The van der Waals surface area contributed by atoms with E-state index in [9.17, 15) is 13.2 Å². The van der Waals surface area contributed by atoms with Gasteiger partial charge in [-0.2, -0.15) is 5.26 Å². The summed E-state index contributed by atoms with van der Waals surface area (Å²) in [4.78, 5) is 11.6. The molecule has 2 rings (SSSR count). The maximum Gasteiger partial charge on any atom is 0.264 e. The summed E-state index contributed by atoms with van der Waals surface area (Å²) in [6, 6.07) is 7.72. The molecule has 0 radical (unpaired) electrons. The summed E-state index contributed by atoms with van der Waals surface area (Å²) < 4.78 is 25.1. The normalized spacial score (nSPS) is 15.0. The molecule has 88 valence electrons. The van der Waals surface area contributed by atoms with Gasteiger partial charge in [-0.1, -0.05) is 0 Å². The Balaban J connectivity index is 2.12. The van der Waals surface area contributed by atoms with Gasteiger partial charge in [-0.05, 0) is 37.1 Å². The van der Waals surface area contributed by atoms with Gasteiger partial charge in [0.1, 0.15) is 0 Å². The lowest BCUT2D eigenvalue weighted by atomic mass is 10.1. The van der Waals surface area contributed by atoms with Crippen molar-refractivity contribution in [2.45, 2.75) is 18.1 Å². The van der Waals surface area contributed by atoms with E-state index in [0.29, 0.717) is 18.4 Å². The van der Waals surface area contributed by atoms with Crippen LogP contribution in [-0.2, 0) is 10.0 Å². The highest BCUT2D eigenvalue weighted by Crippen LogP contribution is 2.27. The highest BCUT2D eigenvalue weighted by Gasteiger charge is 2.36. The second kappa shape index (κ2) is 4.18. The second-order valence-corrected chi connectivity index (χ2v) is 5.83. The molecule has 0 saturated heterocycles. The minimum Gasteiger partial charge on any atom is -0.268 e. The van der Waals surface area contributed by atoms with Crippen molar-refractivity contribution < 1.29 is 13.2 Å². The van der Waals surface area contributed by atoms with E-state index in [1.807, 2.05) is 10.8 Å². The number of carbonyl (C=O) groups excluding carboxylic acids is 1. The topological polar surface area (TPSA) is 87.0 Å². The van der Waals surface area contributed by atoms with Crippen molar-refractivity contribution in [1.82, 2.24) is 4.72 Å². The van der Waals surface area contributed by atoms with Gasteiger partial charge in [0, 0.05) is 5.56 Å². The molecule has 0 atom stereocenters. The van der Waals surface area contributed by atoms with E-state index in [0.717, 1.165) is 0 Å². The van der Waals surface area contributed by atoms with Crippen molar-refractivity contribution in [2.75, 3.05) is 0 Å². The van der Waals surface area contributed by atoms with Crippen LogP contribution in [0.3, 0.4) is 0 Å². The maximum absolute atomic E-state index is 11.6. The van der Waals surface area contributed by atoms with Crippen LogP contribution < -0.4 is 4.72 Å². The predicted molar refractivity (Wildman–Crippen MR) is 60.6 cm³/mol. The van der Waals surface area contributed by atoms with Gasteiger partial charge in [0.05, 0.1) is 16.9 Å². The van der Waals surface area contributed by atoms with Gasteiger partial charge in [0.25, 0.3) is 5.91 Å². The zero-order valence-corrected chi connectivity index (χ0v) is 9.70. The molecule has 0 bridgehead atoms. The van der Waals surface area contributed by atoms with Crippen molar-refractivity contribution >= 4 is 15.9 Å². The molecule has 0 unspecified atom stereocenters. The molecule has 1 N–H and O–H groups in total. The van der Waals surface area contributed by atoms with E-state index in [1.54, 1.807) is 0 Å². The molecule has 0 aliphatic heterocycles. The first-order valence-electron chi connectivity index (χ1n) is 5.09. The number of hydrogen-bond acceptors (Lipinski definition) is 4. The summed E-state index contributed by atoms with van der Waals surface area (Å²) in [7, 11) is -3.51. The minimum atomic E-state index is -3.51. The monoisotopic (exact) mass is 250 g/mol. The summed E-state index contributed by atoms with van der Waals surface area (Å²) in [6.45, 7) is 0. The van der Waals surface area contributed by atoms with Gasteiger partial charge in [-0.3, -0.25) is 4.79 Å². The van der Waals surface area contributed by atoms with E-state index in [1.165, 1.54) is 24.3 Å².